The molecule has 0 atom stereocenters. The van der Waals surface area contributed by atoms with E-state index in [4.69, 9.17) is 4.55 Å². The highest BCUT2D eigenvalue weighted by Crippen LogP contribution is 2.18. The summed E-state index contributed by atoms with van der Waals surface area (Å²) in [5.41, 5.74) is -0.275. The molecule has 1 aromatic heterocycles. The third-order valence-corrected chi connectivity index (χ3v) is 4.47. The van der Waals surface area contributed by atoms with Crippen LogP contribution < -0.4 is 5.63 Å². The summed E-state index contributed by atoms with van der Waals surface area (Å²) in [4.78, 5) is 10.9. The van der Waals surface area contributed by atoms with Crippen LogP contribution in [0.15, 0.2) is 93.2 Å². The van der Waals surface area contributed by atoms with Crippen molar-refractivity contribution in [3.8, 4) is 0 Å². The molecule has 0 aliphatic rings. The summed E-state index contributed by atoms with van der Waals surface area (Å²) >= 11 is 0. The molecule has 0 unspecified atom stereocenters. The average molecular weight is 354 g/mol. The molecule has 0 fully saturated rings. The van der Waals surface area contributed by atoms with Gasteiger partial charge in [0, 0.05) is 0 Å². The lowest BCUT2D eigenvalue weighted by molar-refractivity contribution is 0.483. The minimum absolute atomic E-state index is 0.0730. The minimum Gasteiger partial charge on any atom is -0.431 e. The molecule has 6 heteroatoms. The maximum absolute atomic E-state index is 11.0. The van der Waals surface area contributed by atoms with Crippen molar-refractivity contribution >= 4 is 31.7 Å². The Morgan fingerprint density at radius 1 is 0.760 bits per heavy atom. The van der Waals surface area contributed by atoms with Gasteiger partial charge in [0.15, 0.2) is 0 Å². The van der Waals surface area contributed by atoms with E-state index < -0.39 is 10.1 Å². The summed E-state index contributed by atoms with van der Waals surface area (Å²) in [6.45, 7) is 0. The largest absolute Gasteiger partial charge is 0.431 e. The van der Waals surface area contributed by atoms with Crippen molar-refractivity contribution in [2.24, 2.45) is 0 Å². The van der Waals surface area contributed by atoms with Crippen molar-refractivity contribution < 1.29 is 17.4 Å². The fourth-order valence-electron chi connectivity index (χ4n) is 2.39. The topological polar surface area (TPSA) is 84.6 Å². The van der Waals surface area contributed by atoms with Crippen molar-refractivity contribution in [3.05, 3.63) is 89.5 Å². The number of hydrogen-bond acceptors (Lipinski definition) is 4. The highest BCUT2D eigenvalue weighted by Gasteiger charge is 2.08. The monoisotopic (exact) mass is 354 g/mol. The Balaban J connectivity index is 0.000000150. The molecular weight excluding hydrogens is 340 g/mol. The smallest absolute Gasteiger partial charge is 0.343 e. The van der Waals surface area contributed by atoms with Gasteiger partial charge in [0.05, 0.1) is 16.5 Å². The Morgan fingerprint density at radius 3 is 2.08 bits per heavy atom. The molecule has 0 amide bonds. The summed E-state index contributed by atoms with van der Waals surface area (Å²) < 4.78 is 35.2. The fourth-order valence-corrected chi connectivity index (χ4v) is 2.90. The van der Waals surface area contributed by atoms with Crippen molar-refractivity contribution in [1.82, 2.24) is 0 Å². The predicted octanol–water partition coefficient (Wildman–Crippen LogP) is 3.88. The van der Waals surface area contributed by atoms with E-state index in [1.165, 1.54) is 18.4 Å². The van der Waals surface area contributed by atoms with E-state index in [0.717, 1.165) is 16.2 Å². The number of hydrogen-bond donors (Lipinski definition) is 1. The Labute approximate surface area is 143 Å². The molecule has 25 heavy (non-hydrogen) atoms. The first kappa shape index (κ1) is 16.9. The van der Waals surface area contributed by atoms with E-state index in [0.29, 0.717) is 5.39 Å². The van der Waals surface area contributed by atoms with Crippen LogP contribution in [0.1, 0.15) is 0 Å². The predicted molar refractivity (Wildman–Crippen MR) is 96.2 cm³/mol. The van der Waals surface area contributed by atoms with Crippen molar-refractivity contribution in [2.45, 2.75) is 4.90 Å². The van der Waals surface area contributed by atoms with Gasteiger partial charge in [0.1, 0.15) is 0 Å². The Hall–Kier alpha value is -2.96. The molecular formula is C19H14O5S. The van der Waals surface area contributed by atoms with Gasteiger partial charge in [-0.05, 0) is 40.4 Å². The van der Waals surface area contributed by atoms with Crippen LogP contribution in [-0.4, -0.2) is 13.0 Å². The zero-order chi connectivity index (χ0) is 17.9. The standard InChI is InChI=1S/C10H8O3S.C9H6O2/c11-14(12,13)10-6-5-8-3-1-2-4-9(8)7-10;10-9-8-4-2-1-3-7(8)5-6-11-9/h1-7H,(H,11,12,13);1-6H. The van der Waals surface area contributed by atoms with Crippen LogP contribution in [0.4, 0.5) is 0 Å². The van der Waals surface area contributed by atoms with Crippen LogP contribution in [0.2, 0.25) is 0 Å². The maximum atomic E-state index is 11.0. The Kier molecular flexibility index (Phi) is 4.65. The molecule has 4 aromatic rings. The molecule has 4 rings (SSSR count). The van der Waals surface area contributed by atoms with Crippen LogP contribution in [-0.2, 0) is 10.1 Å². The molecule has 0 radical (unpaired) electrons. The van der Waals surface area contributed by atoms with Gasteiger partial charge in [0.25, 0.3) is 10.1 Å². The molecule has 126 valence electrons. The van der Waals surface area contributed by atoms with E-state index >= 15 is 0 Å². The summed E-state index contributed by atoms with van der Waals surface area (Å²) in [6.07, 6.45) is 1.41. The second-order valence-corrected chi connectivity index (χ2v) is 6.70. The maximum Gasteiger partial charge on any atom is 0.343 e. The van der Waals surface area contributed by atoms with Gasteiger partial charge in [-0.2, -0.15) is 8.42 Å². The first-order valence-corrected chi connectivity index (χ1v) is 8.82. The van der Waals surface area contributed by atoms with Gasteiger partial charge < -0.3 is 4.42 Å². The molecule has 1 heterocycles. The SMILES string of the molecule is O=S(=O)(O)c1ccc2ccccc2c1.O=c1occc2ccccc12. The second-order valence-electron chi connectivity index (χ2n) is 5.28. The highest BCUT2D eigenvalue weighted by atomic mass is 32.2. The van der Waals surface area contributed by atoms with Gasteiger partial charge >= 0.3 is 5.63 Å². The van der Waals surface area contributed by atoms with Crippen molar-refractivity contribution in [3.63, 3.8) is 0 Å². The normalized spacial score (nSPS) is 11.1. The van der Waals surface area contributed by atoms with Gasteiger partial charge in [-0.3, -0.25) is 4.55 Å². The third kappa shape index (κ3) is 3.93. The highest BCUT2D eigenvalue weighted by molar-refractivity contribution is 7.85. The zero-order valence-electron chi connectivity index (χ0n) is 13.0. The van der Waals surface area contributed by atoms with Crippen LogP contribution in [0, 0.1) is 0 Å². The number of fused-ring (bicyclic) bond motifs is 2. The van der Waals surface area contributed by atoms with E-state index in [1.807, 2.05) is 36.4 Å². The third-order valence-electron chi connectivity index (χ3n) is 3.62. The molecule has 0 saturated heterocycles. The fraction of sp³-hybridized carbons (Fsp3) is 0. The lowest BCUT2D eigenvalue weighted by atomic mass is 10.1. The quantitative estimate of drug-likeness (QED) is 0.524. The van der Waals surface area contributed by atoms with E-state index in [2.05, 4.69) is 4.42 Å². The van der Waals surface area contributed by atoms with Gasteiger partial charge in [0.2, 0.25) is 0 Å². The Bertz CT molecular complexity index is 1190. The second kappa shape index (κ2) is 6.88. The molecule has 3 aromatic carbocycles. The van der Waals surface area contributed by atoms with Crippen molar-refractivity contribution in [2.75, 3.05) is 0 Å². The molecule has 0 aliphatic heterocycles. The Morgan fingerprint density at radius 2 is 1.40 bits per heavy atom. The average Bonchev–Trinajstić information content (AvgIpc) is 2.62. The molecule has 0 bridgehead atoms. The summed E-state index contributed by atoms with van der Waals surface area (Å²) in [7, 11) is -4.09. The van der Waals surface area contributed by atoms with Crippen LogP contribution in [0.3, 0.4) is 0 Å². The first-order chi connectivity index (χ1) is 11.9. The molecule has 0 saturated carbocycles. The van der Waals surface area contributed by atoms with Crippen LogP contribution in [0.5, 0.6) is 0 Å². The summed E-state index contributed by atoms with van der Waals surface area (Å²) in [6, 6.07) is 21.0. The van der Waals surface area contributed by atoms with Crippen LogP contribution in [0.25, 0.3) is 21.5 Å². The van der Waals surface area contributed by atoms with E-state index in [1.54, 1.807) is 24.3 Å². The van der Waals surface area contributed by atoms with Gasteiger partial charge in [-0.25, -0.2) is 4.79 Å². The van der Waals surface area contributed by atoms with E-state index in [-0.39, 0.29) is 10.5 Å². The minimum atomic E-state index is -4.09. The lowest BCUT2D eigenvalue weighted by Gasteiger charge is -1.99. The molecule has 0 aliphatic carbocycles. The lowest BCUT2D eigenvalue weighted by Crippen LogP contribution is -1.97. The zero-order valence-corrected chi connectivity index (χ0v) is 13.8. The molecule has 5 nitrogen and oxygen atoms in total. The molecule has 0 spiro atoms. The van der Waals surface area contributed by atoms with Crippen LogP contribution >= 0.6 is 0 Å². The number of rotatable bonds is 1. The van der Waals surface area contributed by atoms with Gasteiger partial charge in [-0.15, -0.1) is 0 Å². The summed E-state index contributed by atoms with van der Waals surface area (Å²) in [5, 5.41) is 3.29. The first-order valence-electron chi connectivity index (χ1n) is 7.38. The summed E-state index contributed by atoms with van der Waals surface area (Å²) in [5.74, 6) is 0. The van der Waals surface area contributed by atoms with Crippen molar-refractivity contribution in [1.29, 1.82) is 0 Å². The number of benzene rings is 3. The molecule has 1 N–H and O–H groups in total. The van der Waals surface area contributed by atoms with E-state index in [9.17, 15) is 13.2 Å². The van der Waals surface area contributed by atoms with Gasteiger partial charge in [-0.1, -0.05) is 48.5 Å².